The van der Waals surface area contributed by atoms with Gasteiger partial charge in [-0.2, -0.15) is 0 Å². The number of rotatable bonds is 7. The summed E-state index contributed by atoms with van der Waals surface area (Å²) in [6, 6.07) is 107. The van der Waals surface area contributed by atoms with Crippen LogP contribution in [0.1, 0.15) is 12.5 Å². The Bertz CT molecular complexity index is 6320. The zero-order chi connectivity index (χ0) is 60.0. The van der Waals surface area contributed by atoms with E-state index in [1.54, 1.807) is 0 Å². The van der Waals surface area contributed by atoms with E-state index in [0.29, 0.717) is 11.7 Å². The van der Waals surface area contributed by atoms with Gasteiger partial charge in [0.25, 0.3) is 0 Å². The lowest BCUT2D eigenvalue weighted by atomic mass is 10.1. The average Bonchev–Trinajstić information content (AvgIpc) is 1.58. The highest BCUT2D eigenvalue weighted by molar-refractivity contribution is 6.28. The van der Waals surface area contributed by atoms with Gasteiger partial charge in [0.05, 0.1) is 66.2 Å². The molecule has 0 bridgehead atoms. The van der Waals surface area contributed by atoms with E-state index in [1.165, 1.54) is 37.7 Å². The molecule has 6 aromatic heterocycles. The van der Waals surface area contributed by atoms with Crippen molar-refractivity contribution >= 4 is 148 Å². The molecule has 8 heteroatoms. The number of nitrogens with zero attached hydrogens (tertiary/aromatic N) is 8. The highest BCUT2D eigenvalue weighted by atomic mass is 15.2. The molecule has 0 unspecified atom stereocenters. The van der Waals surface area contributed by atoms with Gasteiger partial charge in [-0.15, -0.1) is 0 Å². The normalized spacial score (nSPS) is 12.6. The molecule has 19 aromatic rings. The Kier molecular flexibility index (Phi) is 11.0. The minimum absolute atomic E-state index is 0.520. The van der Waals surface area contributed by atoms with Gasteiger partial charge in [-0.3, -0.25) is 9.13 Å². The SMILES string of the molecule is C=C(N=C(N=C(C)n1c2ccccc2c2ccc3c4ccccc4n(-c4ccccc4)c3c21)c1ccc(-n2c3ccccc3c3ccc4c5ccccc5n(-c5ccccc5)c4c32)cc1)n1c2ccccc2c2ccc3c4ccccc4n(-c4ccccc4)c3c21. The second-order valence-electron chi connectivity index (χ2n) is 23.8. The molecule has 0 aliphatic carbocycles. The summed E-state index contributed by atoms with van der Waals surface area (Å²) in [5, 5.41) is 13.9. The van der Waals surface area contributed by atoms with Gasteiger partial charge in [-0.1, -0.05) is 207 Å². The number of aliphatic imine (C=N–C) groups is 2. The third kappa shape index (κ3) is 7.33. The van der Waals surface area contributed by atoms with Gasteiger partial charge in [0, 0.05) is 92.9 Å². The molecule has 19 rings (SSSR count). The Labute approximate surface area is 521 Å². The van der Waals surface area contributed by atoms with E-state index < -0.39 is 0 Å². The van der Waals surface area contributed by atoms with E-state index >= 15 is 0 Å². The molecular formula is C83H54N8. The van der Waals surface area contributed by atoms with E-state index in [1.807, 2.05) is 0 Å². The lowest BCUT2D eigenvalue weighted by Gasteiger charge is -2.15. The Hall–Kier alpha value is -12.3. The van der Waals surface area contributed by atoms with Gasteiger partial charge in [0.1, 0.15) is 11.7 Å². The number of hydrogen-bond donors (Lipinski definition) is 0. The van der Waals surface area contributed by atoms with Crippen LogP contribution in [0.2, 0.25) is 0 Å². The van der Waals surface area contributed by atoms with Crippen LogP contribution in [0.3, 0.4) is 0 Å². The van der Waals surface area contributed by atoms with Crippen molar-refractivity contribution in [1.82, 2.24) is 27.4 Å². The van der Waals surface area contributed by atoms with E-state index in [9.17, 15) is 0 Å². The van der Waals surface area contributed by atoms with E-state index in [2.05, 4.69) is 332 Å². The van der Waals surface area contributed by atoms with Crippen LogP contribution in [0.15, 0.2) is 314 Å². The van der Waals surface area contributed by atoms with Crippen molar-refractivity contribution in [3.63, 3.8) is 0 Å². The number of hydrogen-bond acceptors (Lipinski definition) is 1. The van der Waals surface area contributed by atoms with E-state index in [-0.39, 0.29) is 0 Å². The lowest BCUT2D eigenvalue weighted by molar-refractivity contribution is 1.14. The van der Waals surface area contributed by atoms with Crippen LogP contribution in [-0.4, -0.2) is 39.1 Å². The fraction of sp³-hybridized carbons (Fsp3) is 0.0120. The van der Waals surface area contributed by atoms with Crippen LogP contribution in [0.25, 0.3) is 159 Å². The fourth-order valence-corrected chi connectivity index (χ4v) is 15.2. The summed E-state index contributed by atoms with van der Waals surface area (Å²) in [5.74, 6) is 1.81. The molecule has 426 valence electrons. The minimum Gasteiger partial charge on any atom is -0.307 e. The summed E-state index contributed by atoms with van der Waals surface area (Å²) < 4.78 is 14.3. The first-order chi connectivity index (χ1) is 45.1. The first-order valence-electron chi connectivity index (χ1n) is 31.0. The monoisotopic (exact) mass is 1160 g/mol. The third-order valence-electron chi connectivity index (χ3n) is 18.9. The Balaban J connectivity index is 0.885. The van der Waals surface area contributed by atoms with Gasteiger partial charge in [-0.05, 0) is 104 Å². The van der Waals surface area contributed by atoms with Gasteiger partial charge >= 0.3 is 0 Å². The van der Waals surface area contributed by atoms with Crippen LogP contribution in [0.4, 0.5) is 0 Å². The quantitative estimate of drug-likeness (QED) is 0.113. The summed E-state index contributed by atoms with van der Waals surface area (Å²) >= 11 is 0. The van der Waals surface area contributed by atoms with Gasteiger partial charge in [0.2, 0.25) is 0 Å². The molecular weight excluding hydrogens is 1110 g/mol. The molecule has 0 N–H and O–H groups in total. The number of para-hydroxylation sites is 9. The summed E-state index contributed by atoms with van der Waals surface area (Å²) in [4.78, 5) is 11.6. The number of aromatic nitrogens is 6. The van der Waals surface area contributed by atoms with Crippen molar-refractivity contribution in [2.45, 2.75) is 6.92 Å². The summed E-state index contributed by atoms with van der Waals surface area (Å²) in [7, 11) is 0. The Morgan fingerprint density at radius 1 is 0.242 bits per heavy atom. The molecule has 0 atom stereocenters. The third-order valence-corrected chi connectivity index (χ3v) is 18.9. The largest absolute Gasteiger partial charge is 0.307 e. The lowest BCUT2D eigenvalue weighted by Crippen LogP contribution is -2.12. The molecule has 0 aliphatic heterocycles. The molecule has 6 heterocycles. The van der Waals surface area contributed by atoms with Crippen molar-refractivity contribution in [3.05, 3.63) is 309 Å². The van der Waals surface area contributed by atoms with Crippen LogP contribution >= 0.6 is 0 Å². The standard InChI is InChI=1S/C83H54N8/c1-52(86-71-36-18-12-30-59(71)65-46-48-67-61-32-14-20-38-73(61)88(79(67)77(65)86)55-24-6-3-7-25-55)84-83(85-53(2)87-72-37-19-13-31-60(72)66-47-49-68-62-33-15-21-39-74(62)89(80(68)78(66)87)56-26-8-4-9-27-56)54-42-44-58(45-43-54)91-76-41-23-17-35-64(76)70-51-50-69-63-34-16-22-40-75(63)90(81(69)82(70)91)57-28-10-5-11-29-57/h3-51H,1H2,2H3. The zero-order valence-electron chi connectivity index (χ0n) is 49.6. The van der Waals surface area contributed by atoms with Crippen molar-refractivity contribution in [3.8, 4) is 22.7 Å². The molecule has 0 fully saturated rings. The second-order valence-corrected chi connectivity index (χ2v) is 23.8. The fourth-order valence-electron chi connectivity index (χ4n) is 15.2. The van der Waals surface area contributed by atoms with Gasteiger partial charge in [0.15, 0.2) is 5.84 Å². The molecule has 91 heavy (non-hydrogen) atoms. The van der Waals surface area contributed by atoms with E-state index in [4.69, 9.17) is 16.6 Å². The molecule has 0 spiro atoms. The van der Waals surface area contributed by atoms with Crippen molar-refractivity contribution in [2.24, 2.45) is 9.98 Å². The maximum atomic E-state index is 5.86. The van der Waals surface area contributed by atoms with Crippen LogP contribution in [-0.2, 0) is 0 Å². The van der Waals surface area contributed by atoms with E-state index in [0.717, 1.165) is 127 Å². The van der Waals surface area contributed by atoms with Gasteiger partial charge < -0.3 is 18.3 Å². The first kappa shape index (κ1) is 50.8. The molecule has 13 aromatic carbocycles. The summed E-state index contributed by atoms with van der Waals surface area (Å²) in [6.45, 7) is 7.12. The summed E-state index contributed by atoms with van der Waals surface area (Å²) in [6.07, 6.45) is 0. The topological polar surface area (TPSA) is 54.3 Å². The maximum absolute atomic E-state index is 5.86. The van der Waals surface area contributed by atoms with Crippen molar-refractivity contribution < 1.29 is 0 Å². The molecule has 0 aliphatic rings. The molecule has 8 nitrogen and oxygen atoms in total. The average molecular weight is 1160 g/mol. The van der Waals surface area contributed by atoms with Crippen LogP contribution in [0, 0.1) is 0 Å². The predicted octanol–water partition coefficient (Wildman–Crippen LogP) is 21.1. The van der Waals surface area contributed by atoms with Crippen LogP contribution in [0.5, 0.6) is 0 Å². The summed E-state index contributed by atoms with van der Waals surface area (Å²) in [5.41, 5.74) is 18.3. The Morgan fingerprint density at radius 3 is 0.868 bits per heavy atom. The number of benzene rings is 13. The second kappa shape index (κ2) is 19.6. The predicted molar refractivity (Wildman–Crippen MR) is 383 cm³/mol. The van der Waals surface area contributed by atoms with Crippen molar-refractivity contribution in [2.75, 3.05) is 0 Å². The molecule has 0 amide bonds. The molecule has 0 saturated carbocycles. The smallest absolute Gasteiger partial charge is 0.163 e. The first-order valence-corrected chi connectivity index (χ1v) is 31.0. The molecule has 0 radical (unpaired) electrons. The van der Waals surface area contributed by atoms with Crippen molar-refractivity contribution in [1.29, 1.82) is 0 Å². The Morgan fingerprint density at radius 2 is 0.505 bits per heavy atom. The maximum Gasteiger partial charge on any atom is 0.163 e. The van der Waals surface area contributed by atoms with Gasteiger partial charge in [-0.25, -0.2) is 9.98 Å². The molecule has 0 saturated heterocycles. The number of amidine groups is 1. The van der Waals surface area contributed by atoms with Crippen LogP contribution < -0.4 is 0 Å². The highest BCUT2D eigenvalue weighted by Crippen LogP contribution is 2.45. The highest BCUT2D eigenvalue weighted by Gasteiger charge is 2.26. The zero-order valence-corrected chi connectivity index (χ0v) is 49.6. The minimum atomic E-state index is 0.520. The number of fused-ring (bicyclic) bond motifs is 21.